The van der Waals surface area contributed by atoms with Gasteiger partial charge in [0.1, 0.15) is 0 Å². The molecule has 0 saturated heterocycles. The third-order valence-corrected chi connectivity index (χ3v) is 8.25. The van der Waals surface area contributed by atoms with E-state index in [-0.39, 0.29) is 5.97 Å². The second kappa shape index (κ2) is 15.0. The smallest absolute Gasteiger partial charge is 0.338 e. The highest BCUT2D eigenvalue weighted by atomic mass is 16.5. The second-order valence-electron chi connectivity index (χ2n) is 11.5. The molecule has 2 aromatic carbocycles. The molecule has 0 fully saturated rings. The summed E-state index contributed by atoms with van der Waals surface area (Å²) in [7, 11) is 2.05. The van der Waals surface area contributed by atoms with Crippen molar-refractivity contribution in [3.05, 3.63) is 65.5 Å². The van der Waals surface area contributed by atoms with Crippen molar-refractivity contribution in [1.29, 1.82) is 0 Å². The highest BCUT2D eigenvalue weighted by Gasteiger charge is 2.17. The molecule has 4 aromatic rings. The predicted octanol–water partition coefficient (Wildman–Crippen LogP) is 10.3. The maximum absolute atomic E-state index is 12.8. The van der Waals surface area contributed by atoms with Crippen LogP contribution in [0.3, 0.4) is 0 Å². The number of rotatable bonds is 16. The Labute approximate surface area is 240 Å². The number of benzene rings is 2. The van der Waals surface area contributed by atoms with E-state index in [4.69, 9.17) is 9.72 Å². The van der Waals surface area contributed by atoms with Crippen molar-refractivity contribution in [2.75, 3.05) is 6.61 Å². The van der Waals surface area contributed by atoms with Crippen LogP contribution in [0.25, 0.3) is 32.6 Å². The van der Waals surface area contributed by atoms with Crippen LogP contribution in [0.2, 0.25) is 0 Å². The van der Waals surface area contributed by atoms with E-state index in [1.54, 1.807) is 0 Å². The number of esters is 1. The summed E-state index contributed by atoms with van der Waals surface area (Å²) in [5, 5.41) is 4.62. The molecule has 2 aromatic heterocycles. The standard InChI is InChI=1S/C36H48N2O2/c1-5-6-7-8-9-10-11-12-13-14-15-16-17-18-19-24-40-36(39)29-20-21-33-31(25-29)34-27(2)32-26-38(4)23-22-30(32)28(3)35(34)37-33/h12-13,20-23,25-26H,5-11,14-19,24H2,1-4H3/b13-12+. The van der Waals surface area contributed by atoms with Crippen molar-refractivity contribution in [2.24, 2.45) is 7.05 Å². The molecule has 4 heteroatoms. The molecule has 4 rings (SSSR count). The number of aromatic nitrogens is 2. The largest absolute Gasteiger partial charge is 0.462 e. The van der Waals surface area contributed by atoms with Gasteiger partial charge in [-0.1, -0.05) is 70.4 Å². The van der Waals surface area contributed by atoms with Crippen LogP contribution in [0.5, 0.6) is 0 Å². The SMILES string of the molecule is CCCCCCCC/C=C/CCCCCCCOC(=O)c1ccc2nc3c(C)c4ccn(C)cc4c(C)c3c2c1. The first-order chi connectivity index (χ1) is 19.5. The molecule has 0 radical (unpaired) electrons. The van der Waals surface area contributed by atoms with E-state index in [1.165, 1.54) is 92.5 Å². The van der Waals surface area contributed by atoms with E-state index in [9.17, 15) is 4.79 Å². The number of unbranched alkanes of at least 4 members (excludes halogenated alkanes) is 11. The third-order valence-electron chi connectivity index (χ3n) is 8.25. The van der Waals surface area contributed by atoms with Gasteiger partial charge in [-0.2, -0.15) is 0 Å². The van der Waals surface area contributed by atoms with Gasteiger partial charge >= 0.3 is 5.97 Å². The molecule has 40 heavy (non-hydrogen) atoms. The summed E-state index contributed by atoms with van der Waals surface area (Å²) in [5.74, 6) is -0.242. The van der Waals surface area contributed by atoms with Crippen LogP contribution in [-0.4, -0.2) is 22.1 Å². The topological polar surface area (TPSA) is 44.1 Å². The summed E-state index contributed by atoms with van der Waals surface area (Å²) < 4.78 is 7.73. The number of hydrogen-bond donors (Lipinski definition) is 0. The molecule has 2 heterocycles. The lowest BCUT2D eigenvalue weighted by molar-refractivity contribution is 0.0498. The number of carbonyl (C=O) groups excluding carboxylic acids is 1. The lowest BCUT2D eigenvalue weighted by Crippen LogP contribution is -2.06. The first-order valence-electron chi connectivity index (χ1n) is 15.6. The summed E-state index contributed by atoms with van der Waals surface area (Å²) in [6.07, 6.45) is 25.3. The number of hydrogen-bond acceptors (Lipinski definition) is 3. The lowest BCUT2D eigenvalue weighted by Gasteiger charge is -2.10. The van der Waals surface area contributed by atoms with Crippen LogP contribution in [0.4, 0.5) is 0 Å². The Bertz CT molecular complexity index is 1450. The minimum atomic E-state index is -0.242. The molecular weight excluding hydrogens is 492 g/mol. The number of fused-ring (bicyclic) bond motifs is 4. The Morgan fingerprint density at radius 2 is 1.50 bits per heavy atom. The van der Waals surface area contributed by atoms with Crippen LogP contribution in [0.1, 0.15) is 112 Å². The van der Waals surface area contributed by atoms with Crippen LogP contribution in [-0.2, 0) is 11.8 Å². The minimum Gasteiger partial charge on any atom is -0.462 e. The fraction of sp³-hybridized carbons (Fsp3) is 0.500. The van der Waals surface area contributed by atoms with Crippen molar-refractivity contribution in [1.82, 2.24) is 9.55 Å². The number of ether oxygens (including phenoxy) is 1. The summed E-state index contributed by atoms with van der Waals surface area (Å²) in [6.45, 7) is 7.04. The Balaban J connectivity index is 1.20. The molecule has 0 N–H and O–H groups in total. The van der Waals surface area contributed by atoms with E-state index in [2.05, 4.69) is 56.0 Å². The van der Waals surface area contributed by atoms with Crippen molar-refractivity contribution in [3.8, 4) is 0 Å². The average Bonchev–Trinajstić information content (AvgIpc) is 3.35. The number of aryl methyl sites for hydroxylation is 3. The van der Waals surface area contributed by atoms with E-state index in [0.29, 0.717) is 12.2 Å². The van der Waals surface area contributed by atoms with Gasteiger partial charge in [0, 0.05) is 35.6 Å². The average molecular weight is 541 g/mol. The molecule has 0 aliphatic carbocycles. The van der Waals surface area contributed by atoms with Gasteiger partial charge in [-0.3, -0.25) is 0 Å². The first kappa shape index (κ1) is 29.8. The molecule has 0 unspecified atom stereocenters. The van der Waals surface area contributed by atoms with E-state index in [0.717, 1.165) is 34.6 Å². The van der Waals surface area contributed by atoms with Gasteiger partial charge in [0.05, 0.1) is 23.2 Å². The minimum absolute atomic E-state index is 0.242. The zero-order valence-corrected chi connectivity index (χ0v) is 25.2. The van der Waals surface area contributed by atoms with Gasteiger partial charge < -0.3 is 9.30 Å². The molecule has 214 valence electrons. The zero-order valence-electron chi connectivity index (χ0n) is 25.2. The van der Waals surface area contributed by atoms with Gasteiger partial charge in [0.15, 0.2) is 0 Å². The fourth-order valence-corrected chi connectivity index (χ4v) is 5.82. The van der Waals surface area contributed by atoms with Gasteiger partial charge in [-0.05, 0) is 86.7 Å². The summed E-state index contributed by atoms with van der Waals surface area (Å²) in [4.78, 5) is 17.8. The monoisotopic (exact) mass is 540 g/mol. The maximum atomic E-state index is 12.8. The maximum Gasteiger partial charge on any atom is 0.338 e. The molecule has 0 aliphatic heterocycles. The molecule has 0 bridgehead atoms. The summed E-state index contributed by atoms with van der Waals surface area (Å²) in [5.41, 5.74) is 4.93. The zero-order chi connectivity index (χ0) is 28.3. The predicted molar refractivity (Wildman–Crippen MR) is 170 cm³/mol. The van der Waals surface area contributed by atoms with Gasteiger partial charge in [-0.15, -0.1) is 0 Å². The second-order valence-corrected chi connectivity index (χ2v) is 11.5. The van der Waals surface area contributed by atoms with Gasteiger partial charge in [0.2, 0.25) is 0 Å². The molecule has 0 saturated carbocycles. The van der Waals surface area contributed by atoms with Crippen molar-refractivity contribution >= 4 is 38.5 Å². The Kier molecular flexibility index (Phi) is 11.2. The van der Waals surface area contributed by atoms with Crippen molar-refractivity contribution in [3.63, 3.8) is 0 Å². The lowest BCUT2D eigenvalue weighted by atomic mass is 9.96. The van der Waals surface area contributed by atoms with E-state index < -0.39 is 0 Å². The van der Waals surface area contributed by atoms with Crippen LogP contribution >= 0.6 is 0 Å². The Morgan fingerprint density at radius 3 is 2.23 bits per heavy atom. The first-order valence-corrected chi connectivity index (χ1v) is 15.6. The number of allylic oxidation sites excluding steroid dienone is 2. The van der Waals surface area contributed by atoms with E-state index in [1.807, 2.05) is 25.2 Å². The molecule has 0 amide bonds. The number of carbonyl (C=O) groups is 1. The molecule has 0 spiro atoms. The molecule has 4 nitrogen and oxygen atoms in total. The van der Waals surface area contributed by atoms with E-state index >= 15 is 0 Å². The Morgan fingerprint density at radius 1 is 0.825 bits per heavy atom. The number of pyridine rings is 1. The van der Waals surface area contributed by atoms with Crippen LogP contribution < -0.4 is 0 Å². The number of nitrogens with zero attached hydrogens (tertiary/aromatic N) is 2. The normalized spacial score (nSPS) is 11.9. The fourth-order valence-electron chi connectivity index (χ4n) is 5.82. The quantitative estimate of drug-likeness (QED) is 0.0806. The highest BCUT2D eigenvalue weighted by Crippen LogP contribution is 2.36. The summed E-state index contributed by atoms with van der Waals surface area (Å²) >= 11 is 0. The van der Waals surface area contributed by atoms with Crippen molar-refractivity contribution in [2.45, 2.75) is 104 Å². The van der Waals surface area contributed by atoms with Gasteiger partial charge in [-0.25, -0.2) is 9.78 Å². The highest BCUT2D eigenvalue weighted by molar-refractivity contribution is 6.17. The molecule has 0 aliphatic rings. The Hall–Kier alpha value is -3.14. The van der Waals surface area contributed by atoms with Crippen LogP contribution in [0.15, 0.2) is 48.8 Å². The van der Waals surface area contributed by atoms with Crippen molar-refractivity contribution < 1.29 is 9.53 Å². The van der Waals surface area contributed by atoms with Gasteiger partial charge in [0.25, 0.3) is 0 Å². The molecular formula is C36H48N2O2. The molecule has 0 atom stereocenters. The third kappa shape index (κ3) is 7.53. The van der Waals surface area contributed by atoms with Crippen LogP contribution in [0, 0.1) is 13.8 Å². The summed E-state index contributed by atoms with van der Waals surface area (Å²) in [6, 6.07) is 7.93.